The van der Waals surface area contributed by atoms with E-state index in [1.54, 1.807) is 56.0 Å². The standard InChI is InChI=1S/C20H25NO5S/c1-14-6-5-7-17(10-14)27(22,23)21(16-8-9-16)13-15-11-18(24-2)20(26-4)19(12-15)25-3/h5-7,10-12,16H,8-9,13H2,1-4H3. The number of benzene rings is 2. The zero-order chi connectivity index (χ0) is 19.6. The minimum absolute atomic E-state index is 0.0228. The molecule has 0 atom stereocenters. The second-order valence-corrected chi connectivity index (χ2v) is 8.52. The molecule has 1 aliphatic carbocycles. The van der Waals surface area contributed by atoms with Crippen LogP contribution in [0.4, 0.5) is 0 Å². The first-order chi connectivity index (χ1) is 12.9. The summed E-state index contributed by atoms with van der Waals surface area (Å²) in [5.41, 5.74) is 1.70. The van der Waals surface area contributed by atoms with E-state index in [2.05, 4.69) is 0 Å². The molecule has 0 radical (unpaired) electrons. The average Bonchev–Trinajstić information content (AvgIpc) is 3.49. The highest BCUT2D eigenvalue weighted by Gasteiger charge is 2.38. The third-order valence-corrected chi connectivity index (χ3v) is 6.51. The summed E-state index contributed by atoms with van der Waals surface area (Å²) in [6, 6.07) is 10.6. The van der Waals surface area contributed by atoms with Gasteiger partial charge in [-0.05, 0) is 55.2 Å². The van der Waals surface area contributed by atoms with Crippen LogP contribution in [0.15, 0.2) is 41.3 Å². The van der Waals surface area contributed by atoms with E-state index in [1.165, 1.54) is 0 Å². The van der Waals surface area contributed by atoms with Crippen LogP contribution in [0.2, 0.25) is 0 Å². The van der Waals surface area contributed by atoms with Gasteiger partial charge >= 0.3 is 0 Å². The first-order valence-electron chi connectivity index (χ1n) is 8.78. The summed E-state index contributed by atoms with van der Waals surface area (Å²) in [5.74, 6) is 1.51. The quantitative estimate of drug-likeness (QED) is 0.690. The van der Waals surface area contributed by atoms with E-state index in [0.29, 0.717) is 22.1 Å². The topological polar surface area (TPSA) is 65.1 Å². The molecule has 0 N–H and O–H groups in total. The van der Waals surface area contributed by atoms with Gasteiger partial charge in [0.2, 0.25) is 15.8 Å². The Hall–Kier alpha value is -2.25. The molecule has 1 aliphatic rings. The predicted octanol–water partition coefficient (Wildman–Crippen LogP) is 3.37. The molecular formula is C20H25NO5S. The van der Waals surface area contributed by atoms with E-state index in [9.17, 15) is 8.42 Å². The number of hydrogen-bond donors (Lipinski definition) is 0. The van der Waals surface area contributed by atoms with Crippen molar-refractivity contribution < 1.29 is 22.6 Å². The Kier molecular flexibility index (Phi) is 5.62. The van der Waals surface area contributed by atoms with E-state index in [4.69, 9.17) is 14.2 Å². The zero-order valence-electron chi connectivity index (χ0n) is 16.1. The lowest BCUT2D eigenvalue weighted by Crippen LogP contribution is -2.32. The summed E-state index contributed by atoms with van der Waals surface area (Å²) in [6.45, 7) is 2.14. The van der Waals surface area contributed by atoms with Crippen molar-refractivity contribution in [3.63, 3.8) is 0 Å². The maximum Gasteiger partial charge on any atom is 0.243 e. The number of nitrogens with zero attached hydrogens (tertiary/aromatic N) is 1. The lowest BCUT2D eigenvalue weighted by atomic mass is 10.1. The molecule has 0 aliphatic heterocycles. The van der Waals surface area contributed by atoms with Crippen LogP contribution in [0.1, 0.15) is 24.0 Å². The van der Waals surface area contributed by atoms with Gasteiger partial charge in [0.1, 0.15) is 0 Å². The van der Waals surface area contributed by atoms with Gasteiger partial charge in [0.05, 0.1) is 26.2 Å². The molecule has 27 heavy (non-hydrogen) atoms. The van der Waals surface area contributed by atoms with Gasteiger partial charge < -0.3 is 14.2 Å². The van der Waals surface area contributed by atoms with E-state index in [-0.39, 0.29) is 12.6 Å². The summed E-state index contributed by atoms with van der Waals surface area (Å²) in [4.78, 5) is 0.321. The highest BCUT2D eigenvalue weighted by Crippen LogP contribution is 2.40. The lowest BCUT2D eigenvalue weighted by molar-refractivity contribution is 0.322. The monoisotopic (exact) mass is 391 g/mol. The fourth-order valence-electron chi connectivity index (χ4n) is 3.09. The number of aryl methyl sites for hydroxylation is 1. The van der Waals surface area contributed by atoms with Gasteiger partial charge in [-0.3, -0.25) is 0 Å². The van der Waals surface area contributed by atoms with Gasteiger partial charge in [-0.2, -0.15) is 4.31 Å². The first-order valence-corrected chi connectivity index (χ1v) is 10.2. The average molecular weight is 391 g/mol. The molecule has 2 aromatic carbocycles. The molecule has 0 bridgehead atoms. The van der Waals surface area contributed by atoms with Gasteiger partial charge in [-0.1, -0.05) is 12.1 Å². The van der Waals surface area contributed by atoms with E-state index in [1.807, 2.05) is 13.0 Å². The molecule has 0 amide bonds. The maximum atomic E-state index is 13.2. The smallest absolute Gasteiger partial charge is 0.243 e. The van der Waals surface area contributed by atoms with Gasteiger partial charge in [0, 0.05) is 12.6 Å². The summed E-state index contributed by atoms with van der Waals surface area (Å²) >= 11 is 0. The largest absolute Gasteiger partial charge is 0.493 e. The predicted molar refractivity (Wildman–Crippen MR) is 103 cm³/mol. The first kappa shape index (κ1) is 19.5. The highest BCUT2D eigenvalue weighted by molar-refractivity contribution is 7.89. The molecule has 3 rings (SSSR count). The molecule has 0 saturated heterocycles. The van der Waals surface area contributed by atoms with Crippen molar-refractivity contribution in [1.29, 1.82) is 0 Å². The van der Waals surface area contributed by atoms with E-state index in [0.717, 1.165) is 24.0 Å². The normalized spacial score (nSPS) is 14.3. The summed E-state index contributed by atoms with van der Waals surface area (Å²) in [7, 11) is 1.04. The summed E-state index contributed by atoms with van der Waals surface area (Å²) < 4.78 is 44.2. The van der Waals surface area contributed by atoms with Gasteiger partial charge in [0.25, 0.3) is 0 Å². The highest BCUT2D eigenvalue weighted by atomic mass is 32.2. The van der Waals surface area contributed by atoms with Crippen molar-refractivity contribution in [2.45, 2.75) is 37.2 Å². The SMILES string of the molecule is COc1cc(CN(C2CC2)S(=O)(=O)c2cccc(C)c2)cc(OC)c1OC. The van der Waals surface area contributed by atoms with Gasteiger partial charge in [0.15, 0.2) is 11.5 Å². The molecule has 0 heterocycles. The number of sulfonamides is 1. The lowest BCUT2D eigenvalue weighted by Gasteiger charge is -2.23. The third-order valence-electron chi connectivity index (χ3n) is 4.61. The summed E-state index contributed by atoms with van der Waals surface area (Å²) in [5, 5.41) is 0. The van der Waals surface area contributed by atoms with Crippen LogP contribution in [0, 0.1) is 6.92 Å². The Bertz CT molecular complexity index is 897. The van der Waals surface area contributed by atoms with Crippen molar-refractivity contribution >= 4 is 10.0 Å². The Balaban J connectivity index is 1.98. The molecule has 7 heteroatoms. The van der Waals surface area contributed by atoms with Crippen molar-refractivity contribution in [3.8, 4) is 17.2 Å². The molecule has 146 valence electrons. The van der Waals surface area contributed by atoms with Crippen LogP contribution >= 0.6 is 0 Å². The van der Waals surface area contributed by atoms with Crippen LogP contribution in [0.3, 0.4) is 0 Å². The van der Waals surface area contributed by atoms with Crippen molar-refractivity contribution in [1.82, 2.24) is 4.31 Å². The van der Waals surface area contributed by atoms with Crippen LogP contribution < -0.4 is 14.2 Å². The number of methoxy groups -OCH3 is 3. The minimum Gasteiger partial charge on any atom is -0.493 e. The number of ether oxygens (including phenoxy) is 3. The van der Waals surface area contributed by atoms with Crippen LogP contribution in [-0.4, -0.2) is 40.1 Å². The van der Waals surface area contributed by atoms with E-state index < -0.39 is 10.0 Å². The second-order valence-electron chi connectivity index (χ2n) is 6.63. The molecule has 0 aromatic heterocycles. The second kappa shape index (κ2) is 7.78. The summed E-state index contributed by atoms with van der Waals surface area (Å²) in [6.07, 6.45) is 1.74. The molecule has 0 unspecified atom stereocenters. The van der Waals surface area contributed by atoms with Gasteiger partial charge in [-0.15, -0.1) is 0 Å². The molecule has 0 spiro atoms. The number of rotatable bonds is 8. The zero-order valence-corrected chi connectivity index (χ0v) is 16.9. The van der Waals surface area contributed by atoms with Gasteiger partial charge in [-0.25, -0.2) is 8.42 Å². The molecule has 6 nitrogen and oxygen atoms in total. The Morgan fingerprint density at radius 2 is 1.63 bits per heavy atom. The van der Waals surface area contributed by atoms with Crippen LogP contribution in [0.25, 0.3) is 0 Å². The van der Waals surface area contributed by atoms with Crippen molar-refractivity contribution in [2.24, 2.45) is 0 Å². The molecule has 1 saturated carbocycles. The maximum absolute atomic E-state index is 13.2. The third kappa shape index (κ3) is 4.04. The fraction of sp³-hybridized carbons (Fsp3) is 0.400. The Labute approximate surface area is 160 Å². The minimum atomic E-state index is -3.59. The Morgan fingerprint density at radius 1 is 1.00 bits per heavy atom. The van der Waals surface area contributed by atoms with Crippen LogP contribution in [-0.2, 0) is 16.6 Å². The Morgan fingerprint density at radius 3 is 2.11 bits per heavy atom. The van der Waals surface area contributed by atoms with Crippen molar-refractivity contribution in [3.05, 3.63) is 47.5 Å². The molecule has 1 fully saturated rings. The van der Waals surface area contributed by atoms with E-state index >= 15 is 0 Å². The number of hydrogen-bond acceptors (Lipinski definition) is 5. The molecule has 2 aromatic rings. The molecular weight excluding hydrogens is 366 g/mol. The van der Waals surface area contributed by atoms with Crippen LogP contribution in [0.5, 0.6) is 17.2 Å². The fourth-order valence-corrected chi connectivity index (χ4v) is 4.87. The van der Waals surface area contributed by atoms with Crippen molar-refractivity contribution in [2.75, 3.05) is 21.3 Å².